The number of pyridine rings is 2. The maximum atomic E-state index is 14.0. The third-order valence-corrected chi connectivity index (χ3v) is 7.41. The van der Waals surface area contributed by atoms with E-state index in [0.717, 1.165) is 42.2 Å². The van der Waals surface area contributed by atoms with Crippen molar-refractivity contribution < 1.29 is 27.5 Å². The first-order chi connectivity index (χ1) is 20.1. The molecule has 2 aromatic heterocycles. The summed E-state index contributed by atoms with van der Waals surface area (Å²) in [7, 11) is 1.89. The Morgan fingerprint density at radius 3 is 2.36 bits per heavy atom. The molecular weight excluding hydrogens is 547 g/mol. The third-order valence-electron chi connectivity index (χ3n) is 7.41. The van der Waals surface area contributed by atoms with Crippen LogP contribution in [0.5, 0.6) is 0 Å². The van der Waals surface area contributed by atoms with Gasteiger partial charge in [0.1, 0.15) is 0 Å². The van der Waals surface area contributed by atoms with Gasteiger partial charge in [-0.15, -0.1) is 0 Å². The van der Waals surface area contributed by atoms with Gasteiger partial charge in [0.2, 0.25) is 0 Å². The second-order valence-electron chi connectivity index (χ2n) is 10.5. The highest BCUT2D eigenvalue weighted by Crippen LogP contribution is 2.30. The number of aromatic nitrogens is 2. The van der Waals surface area contributed by atoms with Crippen LogP contribution in [-0.4, -0.2) is 64.4 Å². The molecule has 0 atom stereocenters. The number of alkyl halides is 3. The first-order valence-corrected chi connectivity index (χ1v) is 13.7. The van der Waals surface area contributed by atoms with E-state index < -0.39 is 17.6 Å². The van der Waals surface area contributed by atoms with Crippen molar-refractivity contribution in [1.29, 1.82) is 0 Å². The standard InChI is InChI=1S/C31H34F3N5O3/c1-22(2)38-13-10-26(11-14-38)39(20-24-15-28(19-36-17-24)37(3)27-5-4-12-35-18-27)30(41)29(42-21-40)16-23-6-8-25(9-7-23)31(32,33)34/h4-9,12,15-19,21-22,26H,10-11,13-14,20H2,1-3H3/b29-16+. The van der Waals surface area contributed by atoms with Crippen LogP contribution in [0.2, 0.25) is 0 Å². The molecule has 4 rings (SSSR count). The Morgan fingerprint density at radius 2 is 1.76 bits per heavy atom. The fraction of sp³-hybridized carbons (Fsp3) is 0.355. The average Bonchev–Trinajstić information content (AvgIpc) is 2.99. The lowest BCUT2D eigenvalue weighted by molar-refractivity contribution is -0.139. The maximum absolute atomic E-state index is 14.0. The van der Waals surface area contributed by atoms with Gasteiger partial charge in [0.25, 0.3) is 12.4 Å². The highest BCUT2D eigenvalue weighted by molar-refractivity contribution is 5.97. The predicted octanol–water partition coefficient (Wildman–Crippen LogP) is 5.68. The van der Waals surface area contributed by atoms with Crippen molar-refractivity contribution in [1.82, 2.24) is 19.8 Å². The van der Waals surface area contributed by atoms with Crippen LogP contribution < -0.4 is 4.90 Å². The zero-order valence-electron chi connectivity index (χ0n) is 23.8. The molecule has 1 amide bonds. The topological polar surface area (TPSA) is 78.9 Å². The molecule has 0 unspecified atom stereocenters. The molecule has 0 aliphatic carbocycles. The van der Waals surface area contributed by atoms with Gasteiger partial charge in [-0.1, -0.05) is 12.1 Å². The Labute approximate surface area is 243 Å². The van der Waals surface area contributed by atoms with E-state index in [1.54, 1.807) is 29.7 Å². The molecule has 42 heavy (non-hydrogen) atoms. The molecule has 11 heteroatoms. The summed E-state index contributed by atoms with van der Waals surface area (Å²) in [6, 6.07) is 10.2. The van der Waals surface area contributed by atoms with Gasteiger partial charge >= 0.3 is 6.18 Å². The van der Waals surface area contributed by atoms with E-state index >= 15 is 0 Å². The minimum absolute atomic E-state index is 0.151. The van der Waals surface area contributed by atoms with Gasteiger partial charge in [0, 0.05) is 51.2 Å². The molecule has 1 fully saturated rings. The molecule has 0 spiro atoms. The molecule has 0 saturated carbocycles. The first kappa shape index (κ1) is 30.7. The van der Waals surface area contributed by atoms with E-state index in [0.29, 0.717) is 24.4 Å². The number of carbonyl (C=O) groups excluding carboxylic acids is 2. The van der Waals surface area contributed by atoms with Crippen LogP contribution in [0.3, 0.4) is 0 Å². The SMILES string of the molecule is CC(C)N1CCC(N(Cc2cncc(N(C)c3cccnc3)c2)C(=O)/C(=C\c2ccc(C(F)(F)F)cc2)OC=O)CC1. The van der Waals surface area contributed by atoms with Crippen LogP contribution >= 0.6 is 0 Å². The summed E-state index contributed by atoms with van der Waals surface area (Å²) >= 11 is 0. The Kier molecular flexibility index (Phi) is 9.95. The lowest BCUT2D eigenvalue weighted by atomic mass is 10.0. The quantitative estimate of drug-likeness (QED) is 0.173. The molecule has 8 nitrogen and oxygen atoms in total. The summed E-state index contributed by atoms with van der Waals surface area (Å²) in [4.78, 5) is 39.9. The van der Waals surface area contributed by atoms with Crippen LogP contribution in [0.1, 0.15) is 43.4 Å². The molecule has 1 saturated heterocycles. The van der Waals surface area contributed by atoms with E-state index in [4.69, 9.17) is 4.74 Å². The van der Waals surface area contributed by atoms with Crippen LogP contribution in [0.15, 0.2) is 73.0 Å². The Hall–Kier alpha value is -4.25. The van der Waals surface area contributed by atoms with Gasteiger partial charge < -0.3 is 19.4 Å². The molecule has 1 aliphatic rings. The number of hydrogen-bond acceptors (Lipinski definition) is 7. The lowest BCUT2D eigenvalue weighted by Gasteiger charge is -2.40. The number of halogens is 3. The summed E-state index contributed by atoms with van der Waals surface area (Å²) in [5, 5.41) is 0. The highest BCUT2D eigenvalue weighted by atomic mass is 19.4. The Bertz CT molecular complexity index is 1370. The molecule has 0 bridgehead atoms. The molecule has 3 heterocycles. The predicted molar refractivity (Wildman–Crippen MR) is 153 cm³/mol. The van der Waals surface area contributed by atoms with E-state index in [1.807, 2.05) is 30.1 Å². The summed E-state index contributed by atoms with van der Waals surface area (Å²) in [6.07, 6.45) is 5.05. The molecule has 1 aromatic carbocycles. The number of anilines is 2. The third kappa shape index (κ3) is 7.73. The number of carbonyl (C=O) groups is 2. The Balaban J connectivity index is 1.64. The summed E-state index contributed by atoms with van der Waals surface area (Å²) < 4.78 is 44.2. The average molecular weight is 582 g/mol. The van der Waals surface area contributed by atoms with Gasteiger partial charge in [-0.05, 0) is 74.2 Å². The van der Waals surface area contributed by atoms with Crippen molar-refractivity contribution in [3.8, 4) is 0 Å². The summed E-state index contributed by atoms with van der Waals surface area (Å²) in [5.41, 5.74) is 1.91. The van der Waals surface area contributed by atoms with Gasteiger partial charge in [-0.3, -0.25) is 19.6 Å². The number of rotatable bonds is 10. The number of benzene rings is 1. The summed E-state index contributed by atoms with van der Waals surface area (Å²) in [6.45, 7) is 6.18. The highest BCUT2D eigenvalue weighted by Gasteiger charge is 2.32. The number of amides is 1. The van der Waals surface area contributed by atoms with Crippen LogP contribution in [0.25, 0.3) is 6.08 Å². The van der Waals surface area contributed by atoms with Crippen LogP contribution in [-0.2, 0) is 27.0 Å². The number of nitrogens with zero attached hydrogens (tertiary/aromatic N) is 5. The van der Waals surface area contributed by atoms with E-state index in [-0.39, 0.29) is 24.8 Å². The van der Waals surface area contributed by atoms with Gasteiger partial charge in [-0.2, -0.15) is 13.2 Å². The number of likely N-dealkylation sites (tertiary alicyclic amines) is 1. The summed E-state index contributed by atoms with van der Waals surface area (Å²) in [5.74, 6) is -0.802. The van der Waals surface area contributed by atoms with Crippen molar-refractivity contribution in [2.45, 2.75) is 51.5 Å². The lowest BCUT2D eigenvalue weighted by Crippen LogP contribution is -2.49. The fourth-order valence-electron chi connectivity index (χ4n) is 4.98. The minimum Gasteiger partial charge on any atom is -0.423 e. The molecule has 1 aliphatic heterocycles. The smallest absolute Gasteiger partial charge is 0.416 e. The molecule has 0 radical (unpaired) electrons. The zero-order chi connectivity index (χ0) is 30.3. The minimum atomic E-state index is -4.49. The van der Waals surface area contributed by atoms with Crippen LogP contribution in [0, 0.1) is 0 Å². The van der Waals surface area contributed by atoms with E-state index in [2.05, 4.69) is 28.7 Å². The second-order valence-corrected chi connectivity index (χ2v) is 10.5. The number of ether oxygens (including phenoxy) is 1. The number of piperidine rings is 1. The van der Waals surface area contributed by atoms with Crippen LogP contribution in [0.4, 0.5) is 24.5 Å². The van der Waals surface area contributed by atoms with Gasteiger partial charge in [0.05, 0.1) is 29.3 Å². The molecule has 3 aromatic rings. The van der Waals surface area contributed by atoms with Crippen molar-refractivity contribution in [2.75, 3.05) is 25.0 Å². The van der Waals surface area contributed by atoms with Crippen molar-refractivity contribution in [3.63, 3.8) is 0 Å². The Morgan fingerprint density at radius 1 is 1.07 bits per heavy atom. The normalized spacial score (nSPS) is 15.0. The zero-order valence-corrected chi connectivity index (χ0v) is 23.8. The van der Waals surface area contributed by atoms with Crippen molar-refractivity contribution in [2.24, 2.45) is 0 Å². The molecular formula is C31H34F3N5O3. The van der Waals surface area contributed by atoms with Gasteiger partial charge in [0.15, 0.2) is 5.76 Å². The number of hydrogen-bond donors (Lipinski definition) is 0. The maximum Gasteiger partial charge on any atom is 0.416 e. The largest absolute Gasteiger partial charge is 0.423 e. The van der Waals surface area contributed by atoms with E-state index in [1.165, 1.54) is 18.2 Å². The monoisotopic (exact) mass is 581 g/mol. The van der Waals surface area contributed by atoms with Gasteiger partial charge in [-0.25, -0.2) is 0 Å². The van der Waals surface area contributed by atoms with E-state index in [9.17, 15) is 22.8 Å². The van der Waals surface area contributed by atoms with Crippen molar-refractivity contribution >= 4 is 29.8 Å². The van der Waals surface area contributed by atoms with Crippen molar-refractivity contribution in [3.05, 3.63) is 89.7 Å². The molecule has 0 N–H and O–H groups in total. The second kappa shape index (κ2) is 13.6. The first-order valence-electron chi connectivity index (χ1n) is 13.7. The fourth-order valence-corrected chi connectivity index (χ4v) is 4.98. The molecule has 222 valence electrons.